The second-order valence-corrected chi connectivity index (χ2v) is 7.46. The van der Waals surface area contributed by atoms with Crippen molar-refractivity contribution in [1.29, 1.82) is 0 Å². The summed E-state index contributed by atoms with van der Waals surface area (Å²) in [6, 6.07) is 7.55. The number of hydrogen-bond acceptors (Lipinski definition) is 5. The van der Waals surface area contributed by atoms with Crippen molar-refractivity contribution >= 4 is 15.9 Å². The molecule has 128 valence electrons. The molecule has 1 heterocycles. The van der Waals surface area contributed by atoms with Crippen molar-refractivity contribution in [3.63, 3.8) is 0 Å². The highest BCUT2D eigenvalue weighted by atomic mass is 32.2. The fraction of sp³-hybridized carbons (Fsp3) is 0.312. The molecule has 2 rings (SSSR count). The average Bonchev–Trinajstić information content (AvgIpc) is 2.53. The predicted molar refractivity (Wildman–Crippen MR) is 89.7 cm³/mol. The average molecular weight is 349 g/mol. The first-order valence-corrected chi connectivity index (χ1v) is 8.97. The van der Waals surface area contributed by atoms with Crippen molar-refractivity contribution < 1.29 is 13.2 Å². The molecule has 0 atom stereocenters. The first-order chi connectivity index (χ1) is 11.3. The molecule has 0 aliphatic carbocycles. The molecule has 0 fully saturated rings. The number of rotatable bonds is 6. The van der Waals surface area contributed by atoms with E-state index in [-0.39, 0.29) is 11.3 Å². The van der Waals surface area contributed by atoms with E-state index in [4.69, 9.17) is 0 Å². The summed E-state index contributed by atoms with van der Waals surface area (Å²) in [5.74, 6) is -0.225. The van der Waals surface area contributed by atoms with E-state index in [9.17, 15) is 18.0 Å². The molecule has 2 aromatic rings. The van der Waals surface area contributed by atoms with E-state index in [2.05, 4.69) is 14.7 Å². The van der Waals surface area contributed by atoms with Crippen molar-refractivity contribution in [3.05, 3.63) is 47.0 Å². The van der Waals surface area contributed by atoms with Gasteiger partial charge in [-0.15, -0.1) is 0 Å². The molecule has 0 saturated heterocycles. The van der Waals surface area contributed by atoms with Crippen LogP contribution >= 0.6 is 0 Å². The summed E-state index contributed by atoms with van der Waals surface area (Å²) in [4.78, 5) is 29.1. The molecule has 24 heavy (non-hydrogen) atoms. The lowest BCUT2D eigenvalue weighted by atomic mass is 10.1. The van der Waals surface area contributed by atoms with E-state index >= 15 is 0 Å². The topological polar surface area (TPSA) is 109 Å². The maximum atomic E-state index is 12.3. The van der Waals surface area contributed by atoms with Gasteiger partial charge in [0.05, 0.1) is 10.6 Å². The van der Waals surface area contributed by atoms with Crippen LogP contribution in [0.3, 0.4) is 0 Å². The number of nitrogens with one attached hydrogen (secondary N) is 2. The highest BCUT2D eigenvalue weighted by Gasteiger charge is 2.18. The van der Waals surface area contributed by atoms with Gasteiger partial charge in [-0.3, -0.25) is 4.79 Å². The molecule has 0 aliphatic rings. The van der Waals surface area contributed by atoms with Gasteiger partial charge >= 0.3 is 5.69 Å². The van der Waals surface area contributed by atoms with Gasteiger partial charge < -0.3 is 4.98 Å². The van der Waals surface area contributed by atoms with Crippen LogP contribution < -0.4 is 10.4 Å². The minimum atomic E-state index is -3.96. The van der Waals surface area contributed by atoms with Gasteiger partial charge in [0, 0.05) is 12.6 Å². The Bertz CT molecular complexity index is 888. The molecule has 0 spiro atoms. The molecular weight excluding hydrogens is 330 g/mol. The Morgan fingerprint density at radius 3 is 2.71 bits per heavy atom. The number of hydrogen-bond donors (Lipinski definition) is 2. The van der Waals surface area contributed by atoms with Crippen molar-refractivity contribution in [2.45, 2.75) is 31.6 Å². The van der Waals surface area contributed by atoms with Gasteiger partial charge in [-0.1, -0.05) is 26.0 Å². The monoisotopic (exact) mass is 349 g/mol. The number of benzene rings is 1. The zero-order chi connectivity index (χ0) is 17.7. The standard InChI is InChI=1S/C16H19N3O4S/c1-11(2)6-7-15(20)19-24(22,23)13-5-3-4-12(10-13)14-8-9-17-16(21)18-14/h3-5,8-11H,6-7H2,1-2H3,(H,19,20)(H,17,18,21). The fourth-order valence-electron chi connectivity index (χ4n) is 2.05. The Morgan fingerprint density at radius 1 is 1.29 bits per heavy atom. The fourth-order valence-corrected chi connectivity index (χ4v) is 3.11. The van der Waals surface area contributed by atoms with Crippen molar-refractivity contribution in [1.82, 2.24) is 14.7 Å². The lowest BCUT2D eigenvalue weighted by molar-refractivity contribution is -0.119. The van der Waals surface area contributed by atoms with Gasteiger partial charge in [-0.25, -0.2) is 22.9 Å². The highest BCUT2D eigenvalue weighted by molar-refractivity contribution is 7.90. The normalized spacial score (nSPS) is 11.5. The molecule has 0 bridgehead atoms. The van der Waals surface area contributed by atoms with Crippen LogP contribution in [0.4, 0.5) is 0 Å². The molecule has 0 radical (unpaired) electrons. The number of amides is 1. The number of H-pyrrole nitrogens is 1. The minimum absolute atomic E-state index is 0.0458. The summed E-state index contributed by atoms with van der Waals surface area (Å²) in [6.07, 6.45) is 2.09. The lowest BCUT2D eigenvalue weighted by Gasteiger charge is -2.09. The van der Waals surface area contributed by atoms with Crippen LogP contribution in [0, 0.1) is 5.92 Å². The van der Waals surface area contributed by atoms with Crippen LogP contribution in [0.5, 0.6) is 0 Å². The number of sulfonamides is 1. The van der Waals surface area contributed by atoms with Gasteiger partial charge in [-0.2, -0.15) is 0 Å². The third-order valence-electron chi connectivity index (χ3n) is 3.33. The quantitative estimate of drug-likeness (QED) is 0.824. The van der Waals surface area contributed by atoms with Gasteiger partial charge in [0.1, 0.15) is 0 Å². The van der Waals surface area contributed by atoms with Crippen LogP contribution in [0.25, 0.3) is 11.3 Å². The molecule has 7 nitrogen and oxygen atoms in total. The molecule has 0 saturated carbocycles. The Morgan fingerprint density at radius 2 is 2.04 bits per heavy atom. The van der Waals surface area contributed by atoms with E-state index in [1.54, 1.807) is 18.2 Å². The minimum Gasteiger partial charge on any atom is -0.305 e. The Balaban J connectivity index is 2.24. The molecule has 1 amide bonds. The summed E-state index contributed by atoms with van der Waals surface area (Å²) < 4.78 is 26.7. The van der Waals surface area contributed by atoms with Crippen LogP contribution in [-0.2, 0) is 14.8 Å². The summed E-state index contributed by atoms with van der Waals surface area (Å²) in [5.41, 5.74) is 0.424. The largest absolute Gasteiger partial charge is 0.345 e. The van der Waals surface area contributed by atoms with Gasteiger partial charge in [0.15, 0.2) is 0 Å². The van der Waals surface area contributed by atoms with Gasteiger partial charge in [-0.05, 0) is 36.1 Å². The smallest absolute Gasteiger partial charge is 0.305 e. The summed E-state index contributed by atoms with van der Waals surface area (Å²) in [5, 5.41) is 0. The maximum absolute atomic E-state index is 12.3. The first kappa shape index (κ1) is 17.9. The second-order valence-electron chi connectivity index (χ2n) is 5.78. The Kier molecular flexibility index (Phi) is 5.50. The third-order valence-corrected chi connectivity index (χ3v) is 4.70. The van der Waals surface area contributed by atoms with E-state index in [0.29, 0.717) is 23.6 Å². The zero-order valence-corrected chi connectivity index (χ0v) is 14.3. The third kappa shape index (κ3) is 4.76. The van der Waals surface area contributed by atoms with Crippen LogP contribution in [0.1, 0.15) is 26.7 Å². The number of nitrogens with zero attached hydrogens (tertiary/aromatic N) is 1. The Hall–Kier alpha value is -2.48. The van der Waals surface area contributed by atoms with Crippen molar-refractivity contribution in [2.24, 2.45) is 5.92 Å². The highest BCUT2D eigenvalue weighted by Crippen LogP contribution is 2.19. The van der Waals surface area contributed by atoms with Crippen LogP contribution in [0.15, 0.2) is 46.2 Å². The molecule has 2 N–H and O–H groups in total. The summed E-state index contributed by atoms with van der Waals surface area (Å²) >= 11 is 0. The number of aromatic nitrogens is 2. The molecule has 1 aromatic heterocycles. The molecular formula is C16H19N3O4S. The molecule has 1 aromatic carbocycles. The molecule has 0 aliphatic heterocycles. The summed E-state index contributed by atoms with van der Waals surface area (Å²) in [6.45, 7) is 3.92. The van der Waals surface area contributed by atoms with E-state index < -0.39 is 21.6 Å². The zero-order valence-electron chi connectivity index (χ0n) is 13.4. The van der Waals surface area contributed by atoms with E-state index in [0.717, 1.165) is 0 Å². The molecule has 0 unspecified atom stereocenters. The molecule has 8 heteroatoms. The Labute approximate surface area is 140 Å². The van der Waals surface area contributed by atoms with E-state index in [1.165, 1.54) is 18.3 Å². The van der Waals surface area contributed by atoms with Gasteiger partial charge in [0.25, 0.3) is 10.0 Å². The first-order valence-electron chi connectivity index (χ1n) is 7.49. The number of carbonyl (C=O) groups excluding carboxylic acids is 1. The van der Waals surface area contributed by atoms with Crippen LogP contribution in [-0.4, -0.2) is 24.3 Å². The number of carbonyl (C=O) groups is 1. The lowest BCUT2D eigenvalue weighted by Crippen LogP contribution is -2.30. The van der Waals surface area contributed by atoms with Crippen molar-refractivity contribution in [3.8, 4) is 11.3 Å². The maximum Gasteiger partial charge on any atom is 0.345 e. The second kappa shape index (κ2) is 7.39. The predicted octanol–water partition coefficient (Wildman–Crippen LogP) is 1.68. The van der Waals surface area contributed by atoms with Crippen LogP contribution in [0.2, 0.25) is 0 Å². The summed E-state index contributed by atoms with van der Waals surface area (Å²) in [7, 11) is -3.96. The number of aromatic amines is 1. The van der Waals surface area contributed by atoms with Gasteiger partial charge in [0.2, 0.25) is 5.91 Å². The van der Waals surface area contributed by atoms with E-state index in [1.807, 2.05) is 13.8 Å². The SMILES string of the molecule is CC(C)CCC(=O)NS(=O)(=O)c1cccc(-c2ccnc(=O)[nH]2)c1. The van der Waals surface area contributed by atoms with Crippen molar-refractivity contribution in [2.75, 3.05) is 0 Å².